The maximum Gasteiger partial charge on any atom is 0.0617 e. The van der Waals surface area contributed by atoms with Crippen LogP contribution in [0.25, 0.3) is 0 Å². The van der Waals surface area contributed by atoms with Crippen molar-refractivity contribution < 1.29 is 0 Å². The summed E-state index contributed by atoms with van der Waals surface area (Å²) in [5.74, 6) is 0. The van der Waals surface area contributed by atoms with Crippen LogP contribution in [0, 0.1) is 6.92 Å². The zero-order chi connectivity index (χ0) is 14.4. The fourth-order valence-electron chi connectivity index (χ4n) is 2.36. The Hall–Kier alpha value is -2.03. The van der Waals surface area contributed by atoms with E-state index in [1.54, 1.807) is 0 Å². The average molecular weight is 269 g/mol. The average Bonchev–Trinajstić information content (AvgIpc) is 2.46. The van der Waals surface area contributed by atoms with E-state index >= 15 is 0 Å². The van der Waals surface area contributed by atoms with Gasteiger partial charge < -0.3 is 10.2 Å². The quantitative estimate of drug-likeness (QED) is 0.863. The predicted molar refractivity (Wildman–Crippen MR) is 86.3 cm³/mol. The number of anilines is 2. The first-order valence-electron chi connectivity index (χ1n) is 7.24. The van der Waals surface area contributed by atoms with Crippen molar-refractivity contribution in [3.05, 3.63) is 53.9 Å². The molecule has 3 nitrogen and oxygen atoms in total. The largest absolute Gasteiger partial charge is 0.385 e. The van der Waals surface area contributed by atoms with Crippen molar-refractivity contribution in [2.24, 2.45) is 0 Å². The molecule has 3 heteroatoms. The molecule has 0 aliphatic heterocycles. The van der Waals surface area contributed by atoms with E-state index < -0.39 is 0 Å². The molecule has 106 valence electrons. The molecule has 0 bridgehead atoms. The highest BCUT2D eigenvalue weighted by Gasteiger charge is 2.08. The second-order valence-corrected chi connectivity index (χ2v) is 4.87. The van der Waals surface area contributed by atoms with Crippen LogP contribution >= 0.6 is 0 Å². The monoisotopic (exact) mass is 269 g/mol. The van der Waals surface area contributed by atoms with Gasteiger partial charge in [0.2, 0.25) is 0 Å². The lowest BCUT2D eigenvalue weighted by atomic mass is 10.1. The van der Waals surface area contributed by atoms with Crippen molar-refractivity contribution in [3.63, 3.8) is 0 Å². The van der Waals surface area contributed by atoms with Crippen molar-refractivity contribution in [2.45, 2.75) is 27.3 Å². The number of benzene rings is 1. The van der Waals surface area contributed by atoms with E-state index in [-0.39, 0.29) is 0 Å². The number of pyridine rings is 1. The van der Waals surface area contributed by atoms with Crippen LogP contribution in [0.5, 0.6) is 0 Å². The molecule has 2 aromatic rings. The topological polar surface area (TPSA) is 28.2 Å². The Morgan fingerprint density at radius 3 is 2.65 bits per heavy atom. The normalized spacial score (nSPS) is 10.3. The number of nitrogens with one attached hydrogen (secondary N) is 1. The van der Waals surface area contributed by atoms with Crippen molar-refractivity contribution in [1.82, 2.24) is 4.98 Å². The summed E-state index contributed by atoms with van der Waals surface area (Å²) in [5, 5.41) is 3.33. The van der Waals surface area contributed by atoms with Crippen LogP contribution in [-0.2, 0) is 6.54 Å². The summed E-state index contributed by atoms with van der Waals surface area (Å²) in [7, 11) is 0. The first-order chi connectivity index (χ1) is 9.74. The molecule has 0 aliphatic carbocycles. The van der Waals surface area contributed by atoms with Crippen molar-refractivity contribution >= 4 is 11.4 Å². The fourth-order valence-corrected chi connectivity index (χ4v) is 2.36. The third-order valence-corrected chi connectivity index (χ3v) is 3.39. The zero-order valence-corrected chi connectivity index (χ0v) is 12.6. The molecule has 20 heavy (non-hydrogen) atoms. The van der Waals surface area contributed by atoms with Gasteiger partial charge in [-0.05, 0) is 44.5 Å². The van der Waals surface area contributed by atoms with Crippen LogP contribution in [0.4, 0.5) is 11.4 Å². The molecule has 1 aromatic heterocycles. The highest BCUT2D eigenvalue weighted by molar-refractivity contribution is 5.53. The number of para-hydroxylation sites is 1. The minimum atomic E-state index is 0.834. The van der Waals surface area contributed by atoms with Gasteiger partial charge in [-0.25, -0.2) is 0 Å². The molecule has 1 heterocycles. The van der Waals surface area contributed by atoms with Crippen LogP contribution in [0.3, 0.4) is 0 Å². The highest BCUT2D eigenvalue weighted by Crippen LogP contribution is 2.21. The maximum absolute atomic E-state index is 4.48. The minimum Gasteiger partial charge on any atom is -0.385 e. The number of nitrogens with zero attached hydrogens (tertiary/aromatic N) is 2. The summed E-state index contributed by atoms with van der Waals surface area (Å²) in [6.07, 6.45) is 1.87. The Bertz CT molecular complexity index is 551. The molecule has 0 saturated carbocycles. The van der Waals surface area contributed by atoms with Crippen molar-refractivity contribution in [3.8, 4) is 0 Å². The molecule has 0 spiro atoms. The van der Waals surface area contributed by atoms with Gasteiger partial charge in [-0.15, -0.1) is 0 Å². The highest BCUT2D eigenvalue weighted by atomic mass is 15.1. The van der Waals surface area contributed by atoms with E-state index in [1.807, 2.05) is 12.3 Å². The van der Waals surface area contributed by atoms with E-state index in [1.165, 1.54) is 11.3 Å². The van der Waals surface area contributed by atoms with Crippen LogP contribution in [0.1, 0.15) is 25.1 Å². The van der Waals surface area contributed by atoms with E-state index in [4.69, 9.17) is 0 Å². The van der Waals surface area contributed by atoms with Crippen LogP contribution in [-0.4, -0.2) is 18.1 Å². The number of aryl methyl sites for hydroxylation is 1. The summed E-state index contributed by atoms with van der Waals surface area (Å²) in [4.78, 5) is 6.84. The van der Waals surface area contributed by atoms with Gasteiger partial charge in [-0.3, -0.25) is 4.98 Å². The lowest BCUT2D eigenvalue weighted by Gasteiger charge is -2.24. The summed E-state index contributed by atoms with van der Waals surface area (Å²) in [6.45, 7) is 9.17. The van der Waals surface area contributed by atoms with Gasteiger partial charge in [0.15, 0.2) is 0 Å². The second kappa shape index (κ2) is 6.94. The molecule has 0 radical (unpaired) electrons. The Labute approximate surface area is 121 Å². The van der Waals surface area contributed by atoms with E-state index in [0.717, 1.165) is 31.0 Å². The summed E-state index contributed by atoms with van der Waals surface area (Å²) in [6, 6.07) is 12.6. The molecule has 1 N–H and O–H groups in total. The van der Waals surface area contributed by atoms with Crippen LogP contribution in [0.2, 0.25) is 0 Å². The SMILES string of the molecule is CCNc1ccnc(CN(CC)c2ccccc2C)c1. The van der Waals surface area contributed by atoms with Gasteiger partial charge in [0.25, 0.3) is 0 Å². The number of hydrogen-bond donors (Lipinski definition) is 1. The lowest BCUT2D eigenvalue weighted by Crippen LogP contribution is -2.23. The Kier molecular flexibility index (Phi) is 4.99. The molecule has 0 amide bonds. The fraction of sp³-hybridized carbons (Fsp3) is 0.353. The third-order valence-electron chi connectivity index (χ3n) is 3.39. The standard InChI is InChI=1S/C17H23N3/c1-4-18-15-10-11-19-16(12-15)13-20(5-2)17-9-7-6-8-14(17)3/h6-12H,4-5,13H2,1-3H3,(H,18,19). The first-order valence-corrected chi connectivity index (χ1v) is 7.24. The number of aromatic nitrogens is 1. The smallest absolute Gasteiger partial charge is 0.0617 e. The zero-order valence-electron chi connectivity index (χ0n) is 12.6. The molecule has 0 unspecified atom stereocenters. The van der Waals surface area contributed by atoms with Gasteiger partial charge in [0.05, 0.1) is 12.2 Å². The van der Waals surface area contributed by atoms with Gasteiger partial charge in [0.1, 0.15) is 0 Å². The molecule has 0 aliphatic rings. The molecule has 1 aromatic carbocycles. The lowest BCUT2D eigenvalue weighted by molar-refractivity contribution is 0.806. The second-order valence-electron chi connectivity index (χ2n) is 4.87. The Morgan fingerprint density at radius 2 is 1.95 bits per heavy atom. The molecule has 0 fully saturated rings. The molecule has 0 saturated heterocycles. The van der Waals surface area contributed by atoms with Crippen molar-refractivity contribution in [2.75, 3.05) is 23.3 Å². The van der Waals surface area contributed by atoms with Gasteiger partial charge >= 0.3 is 0 Å². The van der Waals surface area contributed by atoms with Crippen LogP contribution < -0.4 is 10.2 Å². The number of rotatable bonds is 6. The Balaban J connectivity index is 2.18. The predicted octanol–water partition coefficient (Wildman–Crippen LogP) is 3.85. The van der Waals surface area contributed by atoms with Gasteiger partial charge in [-0.1, -0.05) is 18.2 Å². The Morgan fingerprint density at radius 1 is 1.15 bits per heavy atom. The first kappa shape index (κ1) is 14.4. The summed E-state index contributed by atoms with van der Waals surface area (Å²) in [5.41, 5.74) is 4.81. The number of hydrogen-bond acceptors (Lipinski definition) is 3. The molecule has 2 rings (SSSR count). The van der Waals surface area contributed by atoms with Crippen LogP contribution in [0.15, 0.2) is 42.6 Å². The van der Waals surface area contributed by atoms with E-state index in [2.05, 4.69) is 66.3 Å². The molecular weight excluding hydrogens is 246 g/mol. The van der Waals surface area contributed by atoms with E-state index in [0.29, 0.717) is 0 Å². The summed E-state index contributed by atoms with van der Waals surface area (Å²) < 4.78 is 0. The summed E-state index contributed by atoms with van der Waals surface area (Å²) >= 11 is 0. The minimum absolute atomic E-state index is 0.834. The maximum atomic E-state index is 4.48. The third kappa shape index (κ3) is 3.50. The van der Waals surface area contributed by atoms with Crippen molar-refractivity contribution in [1.29, 1.82) is 0 Å². The van der Waals surface area contributed by atoms with E-state index in [9.17, 15) is 0 Å². The van der Waals surface area contributed by atoms with Gasteiger partial charge in [-0.2, -0.15) is 0 Å². The molecule has 0 atom stereocenters. The molecular formula is C17H23N3. The van der Waals surface area contributed by atoms with Gasteiger partial charge in [0, 0.05) is 30.7 Å².